The number of thiophene rings is 2. The van der Waals surface area contributed by atoms with Gasteiger partial charge >= 0.3 is 0 Å². The fraction of sp³-hybridized carbons (Fsp3) is 0.0541. The molecule has 78 heavy (non-hydrogen) atoms. The van der Waals surface area contributed by atoms with Gasteiger partial charge in [0.05, 0.1) is 0 Å². The topological polar surface area (TPSA) is 6.48 Å². The first kappa shape index (κ1) is 48.6. The minimum atomic E-state index is 1.09. The van der Waals surface area contributed by atoms with E-state index in [9.17, 15) is 0 Å². The molecule has 2 aromatic heterocycles. The molecule has 0 radical (unpaired) electrons. The van der Waals surface area contributed by atoms with Crippen LogP contribution >= 0.6 is 22.7 Å². The SMILES string of the molecule is Cc1ccc(N(c2ccc(C)cc2)c2ccc3c(-c4cccc(-c5ccc(-c6ccccc6)s5)c4)c4cc(N(c5ccc(C)cc5)c5ccc(C)cc5)ccc4c(-c4cccc(-c5ccc(-c6ccccc6)s5)c4)c3c2)cc1. The first-order valence-electron chi connectivity index (χ1n) is 26.7. The molecule has 0 aliphatic carbocycles. The van der Waals surface area contributed by atoms with Gasteiger partial charge in [-0.05, 0) is 203 Å². The zero-order valence-corrected chi connectivity index (χ0v) is 45.7. The summed E-state index contributed by atoms with van der Waals surface area (Å²) in [6.07, 6.45) is 0. The van der Waals surface area contributed by atoms with Crippen LogP contribution in [-0.2, 0) is 0 Å². The summed E-state index contributed by atoms with van der Waals surface area (Å²) in [7, 11) is 0. The minimum Gasteiger partial charge on any atom is -0.310 e. The molecule has 11 aromatic carbocycles. The van der Waals surface area contributed by atoms with Crippen molar-refractivity contribution in [1.29, 1.82) is 0 Å². The molecule has 0 atom stereocenters. The van der Waals surface area contributed by atoms with E-state index in [0.29, 0.717) is 0 Å². The number of fused-ring (bicyclic) bond motifs is 2. The summed E-state index contributed by atoms with van der Waals surface area (Å²) in [6.45, 7) is 8.63. The van der Waals surface area contributed by atoms with E-state index in [0.717, 1.165) is 34.1 Å². The zero-order valence-electron chi connectivity index (χ0n) is 44.1. The third-order valence-electron chi connectivity index (χ3n) is 15.0. The quantitative estimate of drug-likeness (QED) is 0.113. The molecule has 13 rings (SSSR count). The Bertz CT molecular complexity index is 3900. The van der Waals surface area contributed by atoms with E-state index in [1.54, 1.807) is 0 Å². The van der Waals surface area contributed by atoms with Gasteiger partial charge in [0.25, 0.3) is 0 Å². The zero-order chi connectivity index (χ0) is 52.7. The van der Waals surface area contributed by atoms with Crippen molar-refractivity contribution in [2.45, 2.75) is 27.7 Å². The Hall–Kier alpha value is -9.06. The Balaban J connectivity index is 1.10. The third-order valence-corrected chi connectivity index (χ3v) is 17.3. The molecular weight excluding hydrogens is 981 g/mol. The van der Waals surface area contributed by atoms with Crippen molar-refractivity contribution in [2.75, 3.05) is 9.80 Å². The number of anilines is 6. The molecule has 2 nitrogen and oxygen atoms in total. The largest absolute Gasteiger partial charge is 0.310 e. The number of hydrogen-bond acceptors (Lipinski definition) is 4. The molecule has 13 aromatic rings. The van der Waals surface area contributed by atoms with Crippen molar-refractivity contribution in [1.82, 2.24) is 0 Å². The summed E-state index contributed by atoms with van der Waals surface area (Å²) in [5.41, 5.74) is 21.1. The van der Waals surface area contributed by atoms with Gasteiger partial charge in [-0.1, -0.05) is 180 Å². The fourth-order valence-corrected chi connectivity index (χ4v) is 12.9. The molecule has 2 heterocycles. The highest BCUT2D eigenvalue weighted by Crippen LogP contribution is 2.50. The second kappa shape index (κ2) is 20.8. The van der Waals surface area contributed by atoms with Gasteiger partial charge in [0.2, 0.25) is 0 Å². The molecule has 0 saturated heterocycles. The molecule has 374 valence electrons. The van der Waals surface area contributed by atoms with Crippen LogP contribution in [0, 0.1) is 27.7 Å². The van der Waals surface area contributed by atoms with Crippen molar-refractivity contribution in [3.8, 4) is 64.0 Å². The predicted octanol–water partition coefficient (Wildman–Crippen LogP) is 22.3. The maximum Gasteiger partial charge on any atom is 0.0468 e. The number of aryl methyl sites for hydroxylation is 4. The summed E-state index contributed by atoms with van der Waals surface area (Å²) >= 11 is 3.69. The lowest BCUT2D eigenvalue weighted by molar-refractivity contribution is 1.27. The molecule has 0 aliphatic heterocycles. The molecule has 0 spiro atoms. The first-order valence-corrected chi connectivity index (χ1v) is 28.3. The lowest BCUT2D eigenvalue weighted by Gasteiger charge is -2.28. The van der Waals surface area contributed by atoms with Gasteiger partial charge in [0, 0.05) is 53.6 Å². The maximum absolute atomic E-state index is 2.45. The van der Waals surface area contributed by atoms with Gasteiger partial charge < -0.3 is 9.80 Å². The lowest BCUT2D eigenvalue weighted by Crippen LogP contribution is -2.10. The molecule has 0 saturated carbocycles. The van der Waals surface area contributed by atoms with Crippen molar-refractivity contribution in [3.05, 3.63) is 289 Å². The molecule has 0 bridgehead atoms. The van der Waals surface area contributed by atoms with Crippen LogP contribution < -0.4 is 9.80 Å². The van der Waals surface area contributed by atoms with Crippen LogP contribution in [0.3, 0.4) is 0 Å². The van der Waals surface area contributed by atoms with Gasteiger partial charge in [0.1, 0.15) is 0 Å². The van der Waals surface area contributed by atoms with Gasteiger partial charge in [-0.2, -0.15) is 0 Å². The second-order valence-corrected chi connectivity index (χ2v) is 22.6. The van der Waals surface area contributed by atoms with E-state index in [4.69, 9.17) is 0 Å². The number of hydrogen-bond donors (Lipinski definition) is 0. The van der Waals surface area contributed by atoms with Gasteiger partial charge in [0.15, 0.2) is 0 Å². The van der Waals surface area contributed by atoms with Crippen LogP contribution in [0.25, 0.3) is 85.6 Å². The molecule has 0 fully saturated rings. The van der Waals surface area contributed by atoms with E-state index in [1.165, 1.54) is 108 Å². The van der Waals surface area contributed by atoms with Crippen LogP contribution in [0.1, 0.15) is 22.3 Å². The first-order chi connectivity index (χ1) is 38.3. The Kier molecular flexibility index (Phi) is 13.0. The maximum atomic E-state index is 2.45. The van der Waals surface area contributed by atoms with Gasteiger partial charge in [-0.15, -0.1) is 22.7 Å². The summed E-state index contributed by atoms with van der Waals surface area (Å²) in [4.78, 5) is 9.81. The van der Waals surface area contributed by atoms with E-state index in [-0.39, 0.29) is 0 Å². The van der Waals surface area contributed by atoms with Crippen LogP contribution in [0.4, 0.5) is 34.1 Å². The van der Waals surface area contributed by atoms with Crippen molar-refractivity contribution in [3.63, 3.8) is 0 Å². The highest BCUT2D eigenvalue weighted by molar-refractivity contribution is 7.19. The minimum absolute atomic E-state index is 1.09. The van der Waals surface area contributed by atoms with E-state index < -0.39 is 0 Å². The van der Waals surface area contributed by atoms with Crippen LogP contribution in [0.2, 0.25) is 0 Å². The standard InChI is InChI=1S/C74H56N2S2/c1-49-21-29-59(30-22-49)75(60-31-23-50(2)24-32-60)63-37-39-65-67(47-63)73(57-19-11-17-55(45-57)71-43-41-69(77-71)53-13-7-5-8-14-53)66-40-38-64(76(61-33-25-51(3)26-34-61)62-35-27-52(4)28-36-62)48-68(66)74(65)58-20-12-18-56(46-58)72-44-42-70(78-72)54-15-9-6-10-16-54/h5-48H,1-4H3. The molecule has 4 heteroatoms. The average Bonchev–Trinajstić information content (AvgIpc) is 4.33. The van der Waals surface area contributed by atoms with Crippen LogP contribution in [-0.4, -0.2) is 0 Å². The Morgan fingerprint density at radius 3 is 0.833 bits per heavy atom. The monoisotopic (exact) mass is 1040 g/mol. The smallest absolute Gasteiger partial charge is 0.0468 e. The van der Waals surface area contributed by atoms with Crippen LogP contribution in [0.5, 0.6) is 0 Å². The lowest BCUT2D eigenvalue weighted by atomic mass is 9.84. The fourth-order valence-electron chi connectivity index (χ4n) is 10.9. The molecule has 0 N–H and O–H groups in total. The molecule has 0 unspecified atom stereocenters. The number of rotatable bonds is 12. The van der Waals surface area contributed by atoms with Crippen molar-refractivity contribution in [2.24, 2.45) is 0 Å². The number of benzene rings is 11. The number of nitrogens with zero attached hydrogens (tertiary/aromatic N) is 2. The summed E-state index contributed by atoms with van der Waals surface area (Å²) in [5.74, 6) is 0. The van der Waals surface area contributed by atoms with E-state index in [1.807, 2.05) is 22.7 Å². The molecular formula is C74H56N2S2. The van der Waals surface area contributed by atoms with Gasteiger partial charge in [-0.3, -0.25) is 0 Å². The average molecular weight is 1040 g/mol. The highest BCUT2D eigenvalue weighted by Gasteiger charge is 2.23. The predicted molar refractivity (Wildman–Crippen MR) is 338 cm³/mol. The Morgan fingerprint density at radius 2 is 0.500 bits per heavy atom. The third kappa shape index (κ3) is 9.51. The van der Waals surface area contributed by atoms with Gasteiger partial charge in [-0.25, -0.2) is 0 Å². The van der Waals surface area contributed by atoms with E-state index >= 15 is 0 Å². The highest BCUT2D eigenvalue weighted by atomic mass is 32.1. The van der Waals surface area contributed by atoms with E-state index in [2.05, 4.69) is 304 Å². The summed E-state index contributed by atoms with van der Waals surface area (Å²) in [5, 5.41) is 4.73. The Labute approximate surface area is 466 Å². The molecule has 0 amide bonds. The summed E-state index contributed by atoms with van der Waals surface area (Å²) in [6, 6.07) is 99.0. The van der Waals surface area contributed by atoms with Crippen LogP contribution in [0.15, 0.2) is 267 Å². The Morgan fingerprint density at radius 1 is 0.218 bits per heavy atom. The van der Waals surface area contributed by atoms with Crippen molar-refractivity contribution < 1.29 is 0 Å². The second-order valence-electron chi connectivity index (χ2n) is 20.4. The summed E-state index contributed by atoms with van der Waals surface area (Å²) < 4.78 is 0. The van der Waals surface area contributed by atoms with Crippen molar-refractivity contribution >= 4 is 78.3 Å². The normalized spacial score (nSPS) is 11.3. The molecule has 0 aliphatic rings.